The fourth-order valence-electron chi connectivity index (χ4n) is 2.99. The van der Waals surface area contributed by atoms with Gasteiger partial charge in [-0.25, -0.2) is 0 Å². The van der Waals surface area contributed by atoms with E-state index in [4.69, 9.17) is 0 Å². The van der Waals surface area contributed by atoms with Crippen LogP contribution in [-0.2, 0) is 0 Å². The van der Waals surface area contributed by atoms with Crippen LogP contribution < -0.4 is 5.56 Å². The first-order valence-electron chi connectivity index (χ1n) is 7.35. The molecule has 4 nitrogen and oxygen atoms in total. The van der Waals surface area contributed by atoms with E-state index >= 15 is 0 Å². The average molecular weight is 302 g/mol. The molecule has 2 N–H and O–H groups in total. The zero-order chi connectivity index (χ0) is 16.0. The molecule has 0 radical (unpaired) electrons. The van der Waals surface area contributed by atoms with Gasteiger partial charge in [-0.3, -0.25) is 9.78 Å². The summed E-state index contributed by atoms with van der Waals surface area (Å²) in [7, 11) is 0. The first kappa shape index (κ1) is 13.5. The lowest BCUT2D eigenvalue weighted by molar-refractivity contribution is 0.480. The van der Waals surface area contributed by atoms with Crippen molar-refractivity contribution >= 4 is 21.8 Å². The molecule has 0 aliphatic rings. The van der Waals surface area contributed by atoms with Gasteiger partial charge in [0.1, 0.15) is 11.3 Å². The van der Waals surface area contributed by atoms with E-state index in [0.717, 1.165) is 27.4 Å². The Morgan fingerprint density at radius 1 is 1.04 bits per heavy atom. The number of hydrogen-bond donors (Lipinski definition) is 2. The average Bonchev–Trinajstić information content (AvgIpc) is 2.57. The molecule has 0 saturated heterocycles. The second-order valence-corrected chi connectivity index (χ2v) is 5.58. The Balaban J connectivity index is 2.13. The van der Waals surface area contributed by atoms with Crippen LogP contribution in [0.15, 0.2) is 59.5 Å². The highest BCUT2D eigenvalue weighted by molar-refractivity contribution is 6.00. The topological polar surface area (TPSA) is 66.0 Å². The van der Waals surface area contributed by atoms with Gasteiger partial charge in [0.05, 0.1) is 0 Å². The maximum absolute atomic E-state index is 12.5. The lowest BCUT2D eigenvalue weighted by Crippen LogP contribution is -2.09. The third kappa shape index (κ3) is 2.07. The number of nitrogens with zero attached hydrogens (tertiary/aromatic N) is 1. The van der Waals surface area contributed by atoms with Crippen molar-refractivity contribution in [3.8, 4) is 16.9 Å². The molecule has 2 aromatic heterocycles. The lowest BCUT2D eigenvalue weighted by Gasteiger charge is -2.10. The molecule has 0 spiro atoms. The Hall–Kier alpha value is -3.14. The van der Waals surface area contributed by atoms with Crippen molar-refractivity contribution < 1.29 is 5.11 Å². The normalized spacial score (nSPS) is 11.2. The number of hydrogen-bond acceptors (Lipinski definition) is 3. The molecule has 0 atom stereocenters. The smallest absolute Gasteiger partial charge is 0.256 e. The van der Waals surface area contributed by atoms with E-state index in [-0.39, 0.29) is 11.3 Å². The van der Waals surface area contributed by atoms with E-state index in [2.05, 4.69) is 9.97 Å². The summed E-state index contributed by atoms with van der Waals surface area (Å²) in [5.41, 5.74) is 3.47. The lowest BCUT2D eigenvalue weighted by atomic mass is 9.97. The number of para-hydroxylation sites is 1. The minimum atomic E-state index is -0.154. The highest BCUT2D eigenvalue weighted by Crippen LogP contribution is 2.33. The largest absolute Gasteiger partial charge is 0.506 e. The summed E-state index contributed by atoms with van der Waals surface area (Å²) in [5.74, 6) is 0.115. The summed E-state index contributed by atoms with van der Waals surface area (Å²) in [5, 5.41) is 11.8. The van der Waals surface area contributed by atoms with E-state index < -0.39 is 0 Å². The quantitative estimate of drug-likeness (QED) is 0.562. The molecule has 112 valence electrons. The maximum Gasteiger partial charge on any atom is 0.256 e. The first-order valence-corrected chi connectivity index (χ1v) is 7.35. The van der Waals surface area contributed by atoms with Crippen molar-refractivity contribution in [1.82, 2.24) is 9.97 Å². The molecule has 0 aliphatic carbocycles. The van der Waals surface area contributed by atoms with Crippen LogP contribution in [0, 0.1) is 6.92 Å². The molecule has 2 aromatic carbocycles. The van der Waals surface area contributed by atoms with Crippen LogP contribution in [0.5, 0.6) is 5.75 Å². The maximum atomic E-state index is 12.5. The highest BCUT2D eigenvalue weighted by atomic mass is 16.3. The molecule has 0 aliphatic heterocycles. The SMILES string of the molecule is Cc1ccc(O)c2nccc(-c3cc4ccccc4[nH]c3=O)c12. The van der Waals surface area contributed by atoms with E-state index in [9.17, 15) is 9.90 Å². The van der Waals surface area contributed by atoms with Crippen LogP contribution in [-0.4, -0.2) is 15.1 Å². The van der Waals surface area contributed by atoms with E-state index in [1.807, 2.05) is 49.4 Å². The van der Waals surface area contributed by atoms with Crippen LogP contribution in [0.3, 0.4) is 0 Å². The number of phenols is 1. The standard InChI is InChI=1S/C19H14N2O2/c1-11-6-7-16(22)18-17(11)13(8-9-20-18)14-10-12-4-2-3-5-15(12)21-19(14)23/h2-10,22H,1H3,(H,21,23). The number of H-pyrrole nitrogens is 1. The first-order chi connectivity index (χ1) is 11.1. The van der Waals surface area contributed by atoms with Gasteiger partial charge >= 0.3 is 0 Å². The van der Waals surface area contributed by atoms with Gasteiger partial charge in [-0.1, -0.05) is 24.3 Å². The number of aromatic hydroxyl groups is 1. The molecule has 2 heterocycles. The molecule has 23 heavy (non-hydrogen) atoms. The molecule has 0 amide bonds. The molecule has 0 fully saturated rings. The predicted molar refractivity (Wildman–Crippen MR) is 91.7 cm³/mol. The van der Waals surface area contributed by atoms with Gasteiger partial charge in [0.25, 0.3) is 5.56 Å². The molecular weight excluding hydrogens is 288 g/mol. The van der Waals surface area contributed by atoms with Crippen LogP contribution in [0.2, 0.25) is 0 Å². The van der Waals surface area contributed by atoms with Crippen molar-refractivity contribution in [3.05, 3.63) is 70.6 Å². The van der Waals surface area contributed by atoms with Crippen molar-refractivity contribution in [1.29, 1.82) is 0 Å². The summed E-state index contributed by atoms with van der Waals surface area (Å²) in [6, 6.07) is 14.8. The van der Waals surface area contributed by atoms with Crippen LogP contribution in [0.4, 0.5) is 0 Å². The Bertz CT molecular complexity index is 1110. The zero-order valence-electron chi connectivity index (χ0n) is 12.5. The number of aromatic nitrogens is 2. The Labute approximate surface area is 132 Å². The number of nitrogens with one attached hydrogen (secondary N) is 1. The third-order valence-corrected chi connectivity index (χ3v) is 4.12. The summed E-state index contributed by atoms with van der Waals surface area (Å²) in [4.78, 5) is 19.7. The summed E-state index contributed by atoms with van der Waals surface area (Å²) >= 11 is 0. The molecule has 4 aromatic rings. The summed E-state index contributed by atoms with van der Waals surface area (Å²) in [6.07, 6.45) is 1.62. The van der Waals surface area contributed by atoms with Gasteiger partial charge in [-0.15, -0.1) is 0 Å². The van der Waals surface area contributed by atoms with Crippen LogP contribution in [0.1, 0.15) is 5.56 Å². The van der Waals surface area contributed by atoms with E-state index in [1.54, 1.807) is 12.3 Å². The highest BCUT2D eigenvalue weighted by Gasteiger charge is 2.13. The van der Waals surface area contributed by atoms with Gasteiger partial charge in [-0.2, -0.15) is 0 Å². The molecular formula is C19H14N2O2. The Kier molecular flexibility index (Phi) is 2.91. The number of aromatic amines is 1. The number of rotatable bonds is 1. The minimum absolute atomic E-state index is 0.115. The zero-order valence-corrected chi connectivity index (χ0v) is 12.5. The molecule has 0 saturated carbocycles. The van der Waals surface area contributed by atoms with Crippen molar-refractivity contribution in [2.24, 2.45) is 0 Å². The molecule has 4 rings (SSSR count). The molecule has 0 unspecified atom stereocenters. The van der Waals surface area contributed by atoms with Crippen molar-refractivity contribution in [2.75, 3.05) is 0 Å². The van der Waals surface area contributed by atoms with Crippen LogP contribution in [0.25, 0.3) is 32.9 Å². The Morgan fingerprint density at radius 2 is 1.87 bits per heavy atom. The van der Waals surface area contributed by atoms with Gasteiger partial charge < -0.3 is 10.1 Å². The minimum Gasteiger partial charge on any atom is -0.506 e. The van der Waals surface area contributed by atoms with Gasteiger partial charge in [0, 0.05) is 22.7 Å². The summed E-state index contributed by atoms with van der Waals surface area (Å²) in [6.45, 7) is 1.95. The fraction of sp³-hybridized carbons (Fsp3) is 0.0526. The van der Waals surface area contributed by atoms with E-state index in [0.29, 0.717) is 11.1 Å². The number of fused-ring (bicyclic) bond motifs is 2. The van der Waals surface area contributed by atoms with Gasteiger partial charge in [-0.05, 0) is 47.7 Å². The van der Waals surface area contributed by atoms with Gasteiger partial charge in [0.2, 0.25) is 0 Å². The third-order valence-electron chi connectivity index (χ3n) is 4.12. The number of benzene rings is 2. The number of aryl methyl sites for hydroxylation is 1. The molecule has 0 bridgehead atoms. The number of pyridine rings is 2. The molecule has 4 heteroatoms. The summed E-state index contributed by atoms with van der Waals surface area (Å²) < 4.78 is 0. The number of phenolic OH excluding ortho intramolecular Hbond substituents is 1. The second-order valence-electron chi connectivity index (χ2n) is 5.58. The Morgan fingerprint density at radius 3 is 2.74 bits per heavy atom. The fourth-order valence-corrected chi connectivity index (χ4v) is 2.99. The predicted octanol–water partition coefficient (Wildman–Crippen LogP) is 3.76. The van der Waals surface area contributed by atoms with E-state index in [1.165, 1.54) is 0 Å². The van der Waals surface area contributed by atoms with Crippen molar-refractivity contribution in [2.45, 2.75) is 6.92 Å². The van der Waals surface area contributed by atoms with Crippen LogP contribution >= 0.6 is 0 Å². The van der Waals surface area contributed by atoms with Crippen molar-refractivity contribution in [3.63, 3.8) is 0 Å². The van der Waals surface area contributed by atoms with Gasteiger partial charge in [0.15, 0.2) is 0 Å². The second kappa shape index (κ2) is 4.95. The monoisotopic (exact) mass is 302 g/mol.